The van der Waals surface area contributed by atoms with Crippen molar-refractivity contribution in [3.05, 3.63) is 47.4 Å². The molecule has 1 aromatic carbocycles. The number of amides is 1. The van der Waals surface area contributed by atoms with Crippen LogP contribution in [0.4, 0.5) is 5.82 Å². The van der Waals surface area contributed by atoms with E-state index in [1.807, 2.05) is 0 Å². The summed E-state index contributed by atoms with van der Waals surface area (Å²) in [5.74, 6) is 1.25. The van der Waals surface area contributed by atoms with Gasteiger partial charge in [0.1, 0.15) is 5.76 Å². The Kier molecular flexibility index (Phi) is 9.46. The zero-order chi connectivity index (χ0) is 24.6. The van der Waals surface area contributed by atoms with Gasteiger partial charge in [0, 0.05) is 18.7 Å². The van der Waals surface area contributed by atoms with E-state index in [1.165, 1.54) is 64.1 Å². The molecule has 1 aromatic heterocycles. The lowest BCUT2D eigenvalue weighted by atomic mass is 10.1. The molecule has 0 saturated heterocycles. The lowest BCUT2D eigenvalue weighted by Gasteiger charge is -2.28. The Morgan fingerprint density at radius 1 is 1.12 bits per heavy atom. The number of anilines is 1. The van der Waals surface area contributed by atoms with E-state index >= 15 is 0 Å². The van der Waals surface area contributed by atoms with Gasteiger partial charge >= 0.3 is 0 Å². The highest BCUT2D eigenvalue weighted by atomic mass is 32.2. The van der Waals surface area contributed by atoms with Gasteiger partial charge in [-0.25, -0.2) is 8.42 Å². The first-order chi connectivity index (χ1) is 16.4. The minimum Gasteiger partial charge on any atom is -0.505 e. The number of aliphatic hydroxyl groups excluding tert-OH is 1. The van der Waals surface area contributed by atoms with Gasteiger partial charge in [-0.05, 0) is 24.3 Å². The number of aliphatic hydroxyl groups is 1. The summed E-state index contributed by atoms with van der Waals surface area (Å²) in [5.41, 5.74) is -0.281. The molecule has 0 bridgehead atoms. The van der Waals surface area contributed by atoms with Gasteiger partial charge in [-0.3, -0.25) is 9.10 Å². The van der Waals surface area contributed by atoms with Crippen LogP contribution in [-0.4, -0.2) is 41.7 Å². The number of benzene rings is 1. The molecule has 0 radical (unpaired) electrons. The number of fused-ring (bicyclic) bond motifs is 1. The molecule has 3 rings (SSSR count). The van der Waals surface area contributed by atoms with Crippen molar-refractivity contribution in [1.82, 2.24) is 9.46 Å². The molecule has 2 N–H and O–H groups in total. The molecule has 1 amide bonds. The van der Waals surface area contributed by atoms with Gasteiger partial charge in [0.25, 0.3) is 15.9 Å². The second-order valence-electron chi connectivity index (χ2n) is 8.33. The van der Waals surface area contributed by atoms with Gasteiger partial charge in [0.15, 0.2) is 17.3 Å². The average Bonchev–Trinajstić information content (AvgIpc) is 3.26. The predicted molar refractivity (Wildman–Crippen MR) is 135 cm³/mol. The SMILES string of the molecule is CCCCCCCCCCSCc1cc(NC(=O)C2=C(O)c3ccccc3S(=O)(=O)N2C)no1. The minimum absolute atomic E-state index is 0.0520. The second-order valence-corrected chi connectivity index (χ2v) is 11.4. The number of hydrogen-bond donors (Lipinski definition) is 2. The van der Waals surface area contributed by atoms with Crippen molar-refractivity contribution in [2.24, 2.45) is 0 Å². The molecule has 0 fully saturated rings. The molecule has 0 unspecified atom stereocenters. The van der Waals surface area contributed by atoms with E-state index in [4.69, 9.17) is 4.52 Å². The third-order valence-electron chi connectivity index (χ3n) is 5.72. The number of thioether (sulfide) groups is 1. The maximum Gasteiger partial charge on any atom is 0.278 e. The number of hydrogen-bond acceptors (Lipinski definition) is 7. The molecule has 186 valence electrons. The fourth-order valence-electron chi connectivity index (χ4n) is 3.81. The Balaban J connectivity index is 1.49. The van der Waals surface area contributed by atoms with E-state index in [0.29, 0.717) is 11.5 Å². The summed E-state index contributed by atoms with van der Waals surface area (Å²) in [4.78, 5) is 12.8. The molecular formula is C24H33N3O5S2. The van der Waals surface area contributed by atoms with Gasteiger partial charge in [0.05, 0.1) is 10.6 Å². The molecule has 10 heteroatoms. The molecule has 1 aliphatic rings. The minimum atomic E-state index is -3.96. The summed E-state index contributed by atoms with van der Waals surface area (Å²) in [5, 5.41) is 17.0. The Bertz CT molecular complexity index is 1110. The number of nitrogens with zero attached hydrogens (tertiary/aromatic N) is 2. The van der Waals surface area contributed by atoms with Crippen molar-refractivity contribution >= 4 is 39.3 Å². The fraction of sp³-hybridized carbons (Fsp3) is 0.500. The molecule has 0 saturated carbocycles. The molecule has 2 heterocycles. The number of aromatic nitrogens is 1. The van der Waals surface area contributed by atoms with Crippen LogP contribution >= 0.6 is 11.8 Å². The summed E-state index contributed by atoms with van der Waals surface area (Å²) in [7, 11) is -2.73. The number of nitrogens with one attached hydrogen (secondary N) is 1. The summed E-state index contributed by atoms with van der Waals surface area (Å²) >= 11 is 1.75. The van der Waals surface area contributed by atoms with Crippen LogP contribution in [0.1, 0.15) is 69.6 Å². The lowest BCUT2D eigenvalue weighted by Crippen LogP contribution is -2.37. The number of unbranched alkanes of at least 4 members (excludes halogenated alkanes) is 7. The fourth-order valence-corrected chi connectivity index (χ4v) is 6.10. The van der Waals surface area contributed by atoms with Crippen molar-refractivity contribution < 1.29 is 22.8 Å². The highest BCUT2D eigenvalue weighted by Crippen LogP contribution is 2.34. The maximum atomic E-state index is 12.8. The van der Waals surface area contributed by atoms with E-state index in [9.17, 15) is 18.3 Å². The van der Waals surface area contributed by atoms with Crippen molar-refractivity contribution in [2.75, 3.05) is 18.1 Å². The molecule has 2 aromatic rings. The summed E-state index contributed by atoms with van der Waals surface area (Å²) in [6, 6.07) is 7.62. The highest BCUT2D eigenvalue weighted by Gasteiger charge is 2.37. The van der Waals surface area contributed by atoms with E-state index < -0.39 is 21.7 Å². The van der Waals surface area contributed by atoms with E-state index in [-0.39, 0.29) is 22.0 Å². The first-order valence-corrected chi connectivity index (χ1v) is 14.3. The molecular weight excluding hydrogens is 474 g/mol. The van der Waals surface area contributed by atoms with Gasteiger partial charge < -0.3 is 14.9 Å². The molecule has 0 aliphatic carbocycles. The summed E-state index contributed by atoms with van der Waals surface area (Å²) in [6.45, 7) is 2.23. The van der Waals surface area contributed by atoms with Crippen LogP contribution < -0.4 is 5.32 Å². The largest absolute Gasteiger partial charge is 0.505 e. The molecule has 8 nitrogen and oxygen atoms in total. The quantitative estimate of drug-likeness (QED) is 0.342. The summed E-state index contributed by atoms with van der Waals surface area (Å²) in [6.07, 6.45) is 10.3. The number of rotatable bonds is 13. The molecule has 0 atom stereocenters. The number of likely N-dealkylation sites (N-methyl/N-ethyl adjacent to an activating group) is 1. The molecule has 1 aliphatic heterocycles. The first kappa shape index (κ1) is 26.2. The van der Waals surface area contributed by atoms with Crippen LogP contribution in [0.15, 0.2) is 45.4 Å². The highest BCUT2D eigenvalue weighted by molar-refractivity contribution is 7.98. The number of carbonyl (C=O) groups excluding carboxylic acids is 1. The zero-order valence-electron chi connectivity index (χ0n) is 19.7. The van der Waals surface area contributed by atoms with E-state index in [1.54, 1.807) is 30.0 Å². The van der Waals surface area contributed by atoms with Crippen molar-refractivity contribution in [3.63, 3.8) is 0 Å². The monoisotopic (exact) mass is 507 g/mol. The van der Waals surface area contributed by atoms with Crippen LogP contribution in [0.5, 0.6) is 0 Å². The summed E-state index contributed by atoms with van der Waals surface area (Å²) < 4.78 is 31.6. The number of carbonyl (C=O) groups is 1. The van der Waals surface area contributed by atoms with Gasteiger partial charge in [-0.15, -0.1) is 0 Å². The smallest absolute Gasteiger partial charge is 0.278 e. The van der Waals surface area contributed by atoms with E-state index in [2.05, 4.69) is 17.4 Å². The average molecular weight is 508 g/mol. The lowest BCUT2D eigenvalue weighted by molar-refractivity contribution is -0.113. The van der Waals surface area contributed by atoms with Crippen LogP contribution in [0.25, 0.3) is 5.76 Å². The van der Waals surface area contributed by atoms with Crippen molar-refractivity contribution in [3.8, 4) is 0 Å². The third kappa shape index (κ3) is 6.35. The molecule has 0 spiro atoms. The predicted octanol–water partition coefficient (Wildman–Crippen LogP) is 5.55. The van der Waals surface area contributed by atoms with Gasteiger partial charge in [-0.2, -0.15) is 11.8 Å². The Hall–Kier alpha value is -2.46. The Morgan fingerprint density at radius 3 is 2.53 bits per heavy atom. The topological polar surface area (TPSA) is 113 Å². The normalized spacial score (nSPS) is 14.8. The standard InChI is InChI=1S/C24H33N3O5S2/c1-3-4-5-6-7-8-9-12-15-33-17-18-16-21(26-32-18)25-24(29)22-23(28)19-13-10-11-14-20(19)34(30,31)27(22)2/h10-11,13-14,16,28H,3-9,12,15,17H2,1-2H3,(H,25,26,29). The van der Waals surface area contributed by atoms with Crippen LogP contribution in [0.2, 0.25) is 0 Å². The second kappa shape index (κ2) is 12.3. The van der Waals surface area contributed by atoms with E-state index in [0.717, 1.165) is 16.5 Å². The van der Waals surface area contributed by atoms with Crippen LogP contribution in [-0.2, 0) is 20.6 Å². The molecule has 34 heavy (non-hydrogen) atoms. The zero-order valence-corrected chi connectivity index (χ0v) is 21.4. The Morgan fingerprint density at radius 2 is 1.79 bits per heavy atom. The van der Waals surface area contributed by atoms with Crippen LogP contribution in [0, 0.1) is 0 Å². The number of sulfonamides is 1. The van der Waals surface area contributed by atoms with Crippen LogP contribution in [0.3, 0.4) is 0 Å². The maximum absolute atomic E-state index is 12.8. The van der Waals surface area contributed by atoms with Crippen molar-refractivity contribution in [2.45, 2.75) is 68.9 Å². The first-order valence-electron chi connectivity index (χ1n) is 11.7. The van der Waals surface area contributed by atoms with Crippen molar-refractivity contribution in [1.29, 1.82) is 0 Å². The Labute approximate surface area is 205 Å². The van der Waals surface area contributed by atoms with Gasteiger partial charge in [-0.1, -0.05) is 69.2 Å². The third-order valence-corrected chi connectivity index (χ3v) is 8.60. The van der Waals surface area contributed by atoms with Gasteiger partial charge in [0.2, 0.25) is 0 Å².